The molecule has 4 rings (SSSR count). The molecule has 0 bridgehead atoms. The maximum atomic E-state index is 13.8. The van der Waals surface area contributed by atoms with Gasteiger partial charge in [0.15, 0.2) is 0 Å². The number of rotatable bonds is 13. The minimum absolute atomic E-state index is 0.0393. The summed E-state index contributed by atoms with van der Waals surface area (Å²) in [5.74, 6) is -1.33. The predicted molar refractivity (Wildman–Crippen MR) is 182 cm³/mol. The van der Waals surface area contributed by atoms with Gasteiger partial charge in [-0.05, 0) is 61.2 Å². The van der Waals surface area contributed by atoms with Crippen molar-refractivity contribution in [2.45, 2.75) is 62.2 Å². The van der Waals surface area contributed by atoms with Gasteiger partial charge in [-0.25, -0.2) is 13.1 Å². The molecule has 0 aliphatic rings. The SMILES string of the molecule is CC(C)(C)NC(=O)c1ccccc1C[C@@H](O)[C@H](Cc1ccccc1)NC(=O)[C@@H](CS(=O)c1cccc2ccccc12)NS(C)(=O)=O. The maximum absolute atomic E-state index is 13.8. The Bertz CT molecular complexity index is 1800. The van der Waals surface area contributed by atoms with Crippen molar-refractivity contribution in [2.24, 2.45) is 0 Å². The zero-order valence-corrected chi connectivity index (χ0v) is 28.0. The minimum Gasteiger partial charge on any atom is -0.391 e. The molecule has 0 fully saturated rings. The molecule has 0 saturated heterocycles. The fourth-order valence-electron chi connectivity index (χ4n) is 5.19. The van der Waals surface area contributed by atoms with E-state index in [9.17, 15) is 27.3 Å². The van der Waals surface area contributed by atoms with Crippen LogP contribution in [-0.2, 0) is 38.5 Å². The highest BCUT2D eigenvalue weighted by molar-refractivity contribution is 7.89. The molecule has 0 aliphatic heterocycles. The summed E-state index contributed by atoms with van der Waals surface area (Å²) in [7, 11) is -5.63. The van der Waals surface area contributed by atoms with Crippen LogP contribution in [0.25, 0.3) is 10.8 Å². The lowest BCUT2D eigenvalue weighted by Gasteiger charge is -2.28. The Morgan fingerprint density at radius 1 is 0.848 bits per heavy atom. The Kier molecular flexibility index (Phi) is 11.5. The van der Waals surface area contributed by atoms with E-state index in [4.69, 9.17) is 0 Å². The van der Waals surface area contributed by atoms with Crippen LogP contribution in [0.4, 0.5) is 0 Å². The quantitative estimate of drug-likeness (QED) is 0.172. The minimum atomic E-state index is -3.88. The molecule has 2 amide bonds. The van der Waals surface area contributed by atoms with Crippen LogP contribution in [0.15, 0.2) is 102 Å². The van der Waals surface area contributed by atoms with Crippen LogP contribution < -0.4 is 15.4 Å². The number of nitrogens with one attached hydrogen (secondary N) is 3. The van der Waals surface area contributed by atoms with Crippen LogP contribution in [0.5, 0.6) is 0 Å². The molecule has 9 nitrogen and oxygen atoms in total. The van der Waals surface area contributed by atoms with Crippen molar-refractivity contribution in [2.75, 3.05) is 12.0 Å². The van der Waals surface area contributed by atoms with Crippen molar-refractivity contribution in [3.63, 3.8) is 0 Å². The average molecular weight is 664 g/mol. The van der Waals surface area contributed by atoms with Crippen molar-refractivity contribution in [1.82, 2.24) is 15.4 Å². The van der Waals surface area contributed by atoms with E-state index in [-0.39, 0.29) is 24.5 Å². The van der Waals surface area contributed by atoms with Crippen LogP contribution in [0, 0.1) is 0 Å². The first-order chi connectivity index (χ1) is 21.7. The van der Waals surface area contributed by atoms with Gasteiger partial charge in [0.25, 0.3) is 5.91 Å². The molecular formula is C35H41N3O6S2. The highest BCUT2D eigenvalue weighted by Gasteiger charge is 2.31. The summed E-state index contributed by atoms with van der Waals surface area (Å²) in [6.07, 6.45) is 0.0409. The van der Waals surface area contributed by atoms with Crippen molar-refractivity contribution in [3.8, 4) is 0 Å². The van der Waals surface area contributed by atoms with Gasteiger partial charge >= 0.3 is 0 Å². The van der Waals surface area contributed by atoms with Gasteiger partial charge in [-0.1, -0.05) is 84.9 Å². The molecule has 4 aromatic rings. The fourth-order valence-corrected chi connectivity index (χ4v) is 7.38. The molecule has 0 aromatic heterocycles. The number of amides is 2. The average Bonchev–Trinajstić information content (AvgIpc) is 2.99. The number of benzene rings is 4. The molecule has 46 heavy (non-hydrogen) atoms. The Morgan fingerprint density at radius 2 is 1.48 bits per heavy atom. The van der Waals surface area contributed by atoms with E-state index in [1.807, 2.05) is 81.4 Å². The third-order valence-corrected chi connectivity index (χ3v) is 9.45. The van der Waals surface area contributed by atoms with Crippen LogP contribution >= 0.6 is 0 Å². The second kappa shape index (κ2) is 15.1. The Morgan fingerprint density at radius 3 is 2.17 bits per heavy atom. The van der Waals surface area contributed by atoms with Crippen molar-refractivity contribution in [3.05, 3.63) is 114 Å². The highest BCUT2D eigenvalue weighted by Crippen LogP contribution is 2.22. The molecule has 4 N–H and O–H groups in total. The molecule has 0 aliphatic carbocycles. The van der Waals surface area contributed by atoms with Gasteiger partial charge in [0.05, 0.1) is 35.0 Å². The molecule has 244 valence electrons. The first-order valence-electron chi connectivity index (χ1n) is 15.0. The number of fused-ring (bicyclic) bond motifs is 1. The van der Waals surface area contributed by atoms with Gasteiger partial charge in [-0.2, -0.15) is 0 Å². The fraction of sp³-hybridized carbons (Fsp3) is 0.314. The summed E-state index contributed by atoms with van der Waals surface area (Å²) in [5, 5.41) is 19.0. The lowest BCUT2D eigenvalue weighted by molar-refractivity contribution is -0.123. The molecule has 11 heteroatoms. The van der Waals surface area contributed by atoms with Gasteiger partial charge in [-0.15, -0.1) is 0 Å². The van der Waals surface area contributed by atoms with E-state index in [1.54, 1.807) is 36.4 Å². The van der Waals surface area contributed by atoms with Gasteiger partial charge in [0.1, 0.15) is 6.04 Å². The van der Waals surface area contributed by atoms with Crippen molar-refractivity contribution in [1.29, 1.82) is 0 Å². The van der Waals surface area contributed by atoms with Crippen molar-refractivity contribution < 1.29 is 27.3 Å². The number of carbonyl (C=O) groups excluding carboxylic acids is 2. The zero-order chi connectivity index (χ0) is 33.5. The number of hydrogen-bond acceptors (Lipinski definition) is 6. The molecule has 0 radical (unpaired) electrons. The van der Waals surface area contributed by atoms with E-state index < -0.39 is 50.5 Å². The summed E-state index contributed by atoms with van der Waals surface area (Å²) >= 11 is 0. The van der Waals surface area contributed by atoms with Gasteiger partial charge in [-0.3, -0.25) is 13.8 Å². The summed E-state index contributed by atoms with van der Waals surface area (Å²) < 4.78 is 40.7. The van der Waals surface area contributed by atoms with E-state index in [2.05, 4.69) is 15.4 Å². The normalized spacial score (nSPS) is 14.6. The molecule has 4 atom stereocenters. The number of sulfonamides is 1. The molecular weight excluding hydrogens is 623 g/mol. The molecule has 4 aromatic carbocycles. The standard InChI is InChI=1S/C35H41N3O6S2/c1-35(2,3)37-33(40)28-19-11-9-16-26(28)22-31(39)29(21-24-13-6-5-7-14-24)36-34(41)30(38-46(4,43)44)23-45(42)32-20-12-17-25-15-8-10-18-27(25)32/h5-20,29-31,38-39H,21-23H2,1-4H3,(H,36,41)(H,37,40)/t29-,30+,31+,45?/m0/s1. The Hall–Kier alpha value is -3.90. The molecule has 0 spiro atoms. The smallest absolute Gasteiger partial charge is 0.251 e. The second-order valence-electron chi connectivity index (χ2n) is 12.4. The lowest BCUT2D eigenvalue weighted by atomic mass is 9.93. The first-order valence-corrected chi connectivity index (χ1v) is 18.2. The van der Waals surface area contributed by atoms with E-state index in [0.717, 1.165) is 22.6 Å². The summed E-state index contributed by atoms with van der Waals surface area (Å²) in [6.45, 7) is 5.63. The third kappa shape index (κ3) is 10.1. The molecule has 0 saturated carbocycles. The molecule has 1 unspecified atom stereocenters. The largest absolute Gasteiger partial charge is 0.391 e. The first kappa shape index (κ1) is 35.0. The van der Waals surface area contributed by atoms with Crippen molar-refractivity contribution >= 4 is 43.4 Å². The number of hydrogen-bond donors (Lipinski definition) is 4. The number of aliphatic hydroxyl groups excluding tert-OH is 1. The van der Waals surface area contributed by atoms with Gasteiger partial charge in [0, 0.05) is 22.4 Å². The topological polar surface area (TPSA) is 142 Å². The summed E-state index contributed by atoms with van der Waals surface area (Å²) in [5.41, 5.74) is 1.35. The van der Waals surface area contributed by atoms with Crippen LogP contribution in [0.1, 0.15) is 42.3 Å². The van der Waals surface area contributed by atoms with E-state index in [0.29, 0.717) is 16.0 Å². The number of aliphatic hydroxyl groups is 1. The highest BCUT2D eigenvalue weighted by atomic mass is 32.2. The second-order valence-corrected chi connectivity index (χ2v) is 15.6. The van der Waals surface area contributed by atoms with Gasteiger partial charge in [0.2, 0.25) is 15.9 Å². The third-order valence-electron chi connectivity index (χ3n) is 7.26. The van der Waals surface area contributed by atoms with Crippen LogP contribution in [-0.4, -0.2) is 65.3 Å². The van der Waals surface area contributed by atoms with Gasteiger partial charge < -0.3 is 15.7 Å². The summed E-state index contributed by atoms with van der Waals surface area (Å²) in [6, 6.07) is 26.7. The predicted octanol–water partition coefficient (Wildman–Crippen LogP) is 3.72. The monoisotopic (exact) mass is 663 g/mol. The lowest BCUT2D eigenvalue weighted by Crippen LogP contribution is -2.55. The summed E-state index contributed by atoms with van der Waals surface area (Å²) in [4.78, 5) is 27.3. The number of carbonyl (C=O) groups is 2. The Balaban J connectivity index is 1.61. The zero-order valence-electron chi connectivity index (χ0n) is 26.4. The van der Waals surface area contributed by atoms with Crippen LogP contribution in [0.3, 0.4) is 0 Å². The Labute approximate surface area is 273 Å². The van der Waals surface area contributed by atoms with Crippen LogP contribution in [0.2, 0.25) is 0 Å². The van der Waals surface area contributed by atoms with E-state index in [1.165, 1.54) is 0 Å². The van der Waals surface area contributed by atoms with E-state index >= 15 is 0 Å². The molecule has 0 heterocycles. The maximum Gasteiger partial charge on any atom is 0.251 e.